The van der Waals surface area contributed by atoms with E-state index < -0.39 is 25.6 Å². The van der Waals surface area contributed by atoms with E-state index in [0.29, 0.717) is 13.1 Å². The predicted octanol–water partition coefficient (Wildman–Crippen LogP) is 2.29. The number of nitrogens with zero attached hydrogens (tertiary/aromatic N) is 1. The van der Waals surface area contributed by atoms with Crippen molar-refractivity contribution < 1.29 is 19.0 Å². The molecule has 4 nitrogen and oxygen atoms in total. The summed E-state index contributed by atoms with van der Waals surface area (Å²) in [6, 6.07) is 20.0. The third kappa shape index (κ3) is 9.58. The van der Waals surface area contributed by atoms with Crippen molar-refractivity contribution in [3.63, 3.8) is 0 Å². The highest BCUT2D eigenvalue weighted by Crippen LogP contribution is 2.11. The summed E-state index contributed by atoms with van der Waals surface area (Å²) in [7, 11) is 0. The van der Waals surface area contributed by atoms with Crippen LogP contribution in [0.1, 0.15) is 11.1 Å². The van der Waals surface area contributed by atoms with E-state index in [9.17, 15) is 8.78 Å². The van der Waals surface area contributed by atoms with Crippen LogP contribution in [0.2, 0.25) is 0 Å². The Labute approximate surface area is 153 Å². The minimum absolute atomic E-state index is 0.0868. The van der Waals surface area contributed by atoms with Crippen molar-refractivity contribution in [1.82, 2.24) is 4.90 Å². The number of alkyl halides is 2. The highest BCUT2D eigenvalue weighted by molar-refractivity contribution is 5.17. The molecule has 2 aromatic carbocycles. The first-order valence-electron chi connectivity index (χ1n) is 8.59. The van der Waals surface area contributed by atoms with E-state index in [1.165, 1.54) is 0 Å². The molecule has 0 aromatic heterocycles. The number of aliphatic hydroxyl groups is 2. The highest BCUT2D eigenvalue weighted by Gasteiger charge is 2.13. The zero-order valence-electron chi connectivity index (χ0n) is 14.8. The molecule has 2 unspecified atom stereocenters. The first-order chi connectivity index (χ1) is 12.6. The number of aliphatic hydroxyl groups excluding tert-OH is 2. The number of nitrogens with two attached hydrogens (primary N) is 1. The van der Waals surface area contributed by atoms with Crippen molar-refractivity contribution in [2.45, 2.75) is 25.4 Å². The average Bonchev–Trinajstić information content (AvgIpc) is 2.69. The normalized spacial score (nSPS) is 13.0. The number of benzene rings is 2. The van der Waals surface area contributed by atoms with Gasteiger partial charge >= 0.3 is 0 Å². The number of hydrogen-bond donors (Lipinski definition) is 3. The van der Waals surface area contributed by atoms with E-state index >= 15 is 0 Å². The smallest absolute Gasteiger partial charge is 0.136 e. The van der Waals surface area contributed by atoms with Gasteiger partial charge in [-0.25, -0.2) is 8.78 Å². The molecule has 0 bridgehead atoms. The van der Waals surface area contributed by atoms with E-state index in [1.54, 1.807) is 0 Å². The Morgan fingerprint density at radius 1 is 0.769 bits per heavy atom. The van der Waals surface area contributed by atoms with Gasteiger partial charge in [0.05, 0.1) is 13.2 Å². The first kappa shape index (κ1) is 22.2. The van der Waals surface area contributed by atoms with E-state index in [4.69, 9.17) is 15.9 Å². The van der Waals surface area contributed by atoms with Crippen LogP contribution in [0, 0.1) is 0 Å². The number of rotatable bonds is 9. The fourth-order valence-electron chi connectivity index (χ4n) is 2.28. The molecular weight excluding hydrogens is 338 g/mol. The lowest BCUT2D eigenvalue weighted by Crippen LogP contribution is -2.31. The minimum atomic E-state index is -1.23. The van der Waals surface area contributed by atoms with Crippen LogP contribution in [-0.2, 0) is 13.1 Å². The third-order valence-corrected chi connectivity index (χ3v) is 3.61. The molecule has 0 aliphatic rings. The predicted molar refractivity (Wildman–Crippen MR) is 100 cm³/mol. The Bertz CT molecular complexity index is 527. The molecule has 0 spiro atoms. The largest absolute Gasteiger partial charge is 0.393 e. The molecule has 0 radical (unpaired) electrons. The maximum Gasteiger partial charge on any atom is 0.136 e. The standard InChI is InChI=1S/C17H20FNO.C3H8FNO/c18-17(14-20)13-19(11-15-7-3-1-4-8-15)12-16-9-5-2-6-10-16;4-3(1-5)2-6/h1-10,17,20H,11-14H2;3,6H,1-2,5H2. The van der Waals surface area contributed by atoms with Crippen molar-refractivity contribution in [2.24, 2.45) is 5.73 Å². The SMILES string of the molecule is NCC(F)CO.OCC(F)CN(Cc1ccccc1)Cc1ccccc1. The fraction of sp³-hybridized carbons (Fsp3) is 0.400. The molecule has 2 atom stereocenters. The van der Waals surface area contributed by atoms with E-state index in [0.717, 1.165) is 11.1 Å². The lowest BCUT2D eigenvalue weighted by atomic mass is 10.1. The summed E-state index contributed by atoms with van der Waals surface area (Å²) >= 11 is 0. The van der Waals surface area contributed by atoms with Crippen LogP contribution in [0.25, 0.3) is 0 Å². The fourth-order valence-corrected chi connectivity index (χ4v) is 2.28. The van der Waals surface area contributed by atoms with E-state index in [2.05, 4.69) is 0 Å². The average molecular weight is 366 g/mol. The summed E-state index contributed by atoms with van der Waals surface area (Å²) in [5, 5.41) is 16.8. The monoisotopic (exact) mass is 366 g/mol. The third-order valence-electron chi connectivity index (χ3n) is 3.61. The van der Waals surface area contributed by atoms with Crippen molar-refractivity contribution >= 4 is 0 Å². The summed E-state index contributed by atoms with van der Waals surface area (Å²) in [5.41, 5.74) is 7.04. The van der Waals surface area contributed by atoms with Crippen LogP contribution in [0.15, 0.2) is 60.7 Å². The summed E-state index contributed by atoms with van der Waals surface area (Å²) in [6.45, 7) is 0.611. The second-order valence-corrected chi connectivity index (χ2v) is 5.94. The van der Waals surface area contributed by atoms with Crippen LogP contribution in [0.3, 0.4) is 0 Å². The molecule has 26 heavy (non-hydrogen) atoms. The second-order valence-electron chi connectivity index (χ2n) is 5.94. The lowest BCUT2D eigenvalue weighted by Gasteiger charge is -2.23. The Kier molecular flexibility index (Phi) is 11.4. The lowest BCUT2D eigenvalue weighted by molar-refractivity contribution is 0.119. The van der Waals surface area contributed by atoms with Gasteiger partial charge in [-0.2, -0.15) is 0 Å². The number of hydrogen-bond acceptors (Lipinski definition) is 4. The van der Waals surface area contributed by atoms with Gasteiger partial charge in [-0.05, 0) is 11.1 Å². The zero-order valence-corrected chi connectivity index (χ0v) is 14.8. The Balaban J connectivity index is 0.000000487. The van der Waals surface area contributed by atoms with Crippen molar-refractivity contribution in [2.75, 3.05) is 26.3 Å². The zero-order chi connectivity index (χ0) is 19.2. The number of halogens is 2. The van der Waals surface area contributed by atoms with Gasteiger partial charge in [0, 0.05) is 26.2 Å². The molecule has 0 fully saturated rings. The Hall–Kier alpha value is -1.86. The Morgan fingerprint density at radius 2 is 1.19 bits per heavy atom. The van der Waals surface area contributed by atoms with Crippen LogP contribution < -0.4 is 5.73 Å². The molecule has 0 heterocycles. The van der Waals surface area contributed by atoms with Gasteiger partial charge in [0.1, 0.15) is 12.3 Å². The molecule has 0 aliphatic carbocycles. The van der Waals surface area contributed by atoms with Gasteiger partial charge in [-0.1, -0.05) is 60.7 Å². The summed E-state index contributed by atoms with van der Waals surface area (Å²) in [4.78, 5) is 2.02. The molecule has 0 saturated carbocycles. The molecule has 4 N–H and O–H groups in total. The van der Waals surface area contributed by atoms with Crippen LogP contribution in [0.4, 0.5) is 8.78 Å². The van der Waals surface area contributed by atoms with Crippen LogP contribution in [0.5, 0.6) is 0 Å². The molecule has 0 aliphatic heterocycles. The molecule has 0 amide bonds. The quantitative estimate of drug-likeness (QED) is 0.637. The first-order valence-corrected chi connectivity index (χ1v) is 8.59. The molecule has 2 rings (SSSR count). The van der Waals surface area contributed by atoms with Gasteiger partial charge in [0.2, 0.25) is 0 Å². The van der Waals surface area contributed by atoms with Crippen LogP contribution in [-0.4, -0.2) is 53.8 Å². The summed E-state index contributed by atoms with van der Waals surface area (Å²) in [6.07, 6.45) is -2.44. The maximum atomic E-state index is 13.5. The molecule has 144 valence electrons. The molecule has 6 heteroatoms. The molecular formula is C20H28F2N2O2. The van der Waals surface area contributed by atoms with Gasteiger partial charge < -0.3 is 15.9 Å². The highest BCUT2D eigenvalue weighted by atomic mass is 19.1. The van der Waals surface area contributed by atoms with Crippen LogP contribution >= 0.6 is 0 Å². The Morgan fingerprint density at radius 3 is 1.50 bits per heavy atom. The molecule has 2 aromatic rings. The maximum absolute atomic E-state index is 13.5. The summed E-state index contributed by atoms with van der Waals surface area (Å²) in [5.74, 6) is 0. The van der Waals surface area contributed by atoms with Crippen molar-refractivity contribution in [1.29, 1.82) is 0 Å². The van der Waals surface area contributed by atoms with Gasteiger partial charge in [0.25, 0.3) is 0 Å². The second kappa shape index (κ2) is 13.4. The van der Waals surface area contributed by atoms with Gasteiger partial charge in [-0.15, -0.1) is 0 Å². The van der Waals surface area contributed by atoms with Crippen molar-refractivity contribution in [3.8, 4) is 0 Å². The summed E-state index contributed by atoms with van der Waals surface area (Å²) < 4.78 is 25.0. The minimum Gasteiger partial charge on any atom is -0.393 e. The van der Waals surface area contributed by atoms with Gasteiger partial charge in [-0.3, -0.25) is 4.90 Å². The van der Waals surface area contributed by atoms with Gasteiger partial charge in [0.15, 0.2) is 0 Å². The van der Waals surface area contributed by atoms with E-state index in [-0.39, 0.29) is 13.1 Å². The topological polar surface area (TPSA) is 69.7 Å². The molecule has 0 saturated heterocycles. The van der Waals surface area contributed by atoms with E-state index in [1.807, 2.05) is 65.6 Å². The van der Waals surface area contributed by atoms with Crippen molar-refractivity contribution in [3.05, 3.63) is 71.8 Å².